The molecular formula is C9H5BrClNO. The maximum absolute atomic E-state index is 9.59. The molecule has 0 amide bonds. The van der Waals surface area contributed by atoms with Crippen molar-refractivity contribution in [3.8, 4) is 5.75 Å². The molecule has 0 aliphatic rings. The summed E-state index contributed by atoms with van der Waals surface area (Å²) in [7, 11) is 0. The molecule has 0 unspecified atom stereocenters. The van der Waals surface area contributed by atoms with Crippen molar-refractivity contribution >= 4 is 38.4 Å². The van der Waals surface area contributed by atoms with Gasteiger partial charge in [0.25, 0.3) is 0 Å². The fourth-order valence-electron chi connectivity index (χ4n) is 1.13. The van der Waals surface area contributed by atoms with Gasteiger partial charge in [-0.2, -0.15) is 0 Å². The minimum Gasteiger partial charge on any atom is -0.506 e. The van der Waals surface area contributed by atoms with Crippen LogP contribution < -0.4 is 0 Å². The second kappa shape index (κ2) is 3.16. The van der Waals surface area contributed by atoms with E-state index in [0.29, 0.717) is 5.39 Å². The van der Waals surface area contributed by atoms with Gasteiger partial charge in [-0.15, -0.1) is 0 Å². The van der Waals surface area contributed by atoms with Crippen molar-refractivity contribution in [3.05, 3.63) is 33.9 Å². The molecular weight excluding hydrogens is 253 g/mol. The van der Waals surface area contributed by atoms with Gasteiger partial charge < -0.3 is 5.11 Å². The molecule has 0 aliphatic carbocycles. The fourth-order valence-corrected chi connectivity index (χ4v) is 1.64. The number of rotatable bonds is 0. The summed E-state index contributed by atoms with van der Waals surface area (Å²) in [6.45, 7) is 0. The third-order valence-electron chi connectivity index (χ3n) is 1.76. The molecule has 2 aromatic rings. The van der Waals surface area contributed by atoms with E-state index in [2.05, 4.69) is 20.9 Å². The van der Waals surface area contributed by atoms with Crippen LogP contribution in [0, 0.1) is 0 Å². The van der Waals surface area contributed by atoms with Gasteiger partial charge in [0.15, 0.2) is 0 Å². The lowest BCUT2D eigenvalue weighted by molar-refractivity contribution is 0.481. The monoisotopic (exact) mass is 257 g/mol. The smallest absolute Gasteiger partial charge is 0.145 e. The second-order valence-electron chi connectivity index (χ2n) is 2.62. The lowest BCUT2D eigenvalue weighted by Crippen LogP contribution is -1.80. The highest BCUT2D eigenvalue weighted by molar-refractivity contribution is 9.10. The highest BCUT2D eigenvalue weighted by Crippen LogP contribution is 2.31. The van der Waals surface area contributed by atoms with E-state index in [9.17, 15) is 5.11 Å². The van der Waals surface area contributed by atoms with Gasteiger partial charge in [0.05, 0.1) is 5.52 Å². The Morgan fingerprint density at radius 1 is 1.38 bits per heavy atom. The zero-order valence-corrected chi connectivity index (χ0v) is 8.80. The number of benzene rings is 1. The van der Waals surface area contributed by atoms with Crippen LogP contribution in [-0.4, -0.2) is 10.1 Å². The topological polar surface area (TPSA) is 33.1 Å². The quantitative estimate of drug-likeness (QED) is 0.786. The zero-order valence-electron chi connectivity index (χ0n) is 6.46. The van der Waals surface area contributed by atoms with Crippen molar-refractivity contribution in [2.24, 2.45) is 0 Å². The molecule has 0 fully saturated rings. The summed E-state index contributed by atoms with van der Waals surface area (Å²) in [6, 6.07) is 5.46. The van der Waals surface area contributed by atoms with E-state index >= 15 is 0 Å². The Balaban J connectivity index is 2.89. The molecule has 4 heteroatoms. The largest absolute Gasteiger partial charge is 0.506 e. The van der Waals surface area contributed by atoms with E-state index in [-0.39, 0.29) is 10.8 Å². The molecule has 1 aromatic heterocycles. The molecule has 2 nitrogen and oxygen atoms in total. The zero-order chi connectivity index (χ0) is 9.42. The normalized spacial score (nSPS) is 10.6. The Morgan fingerprint density at radius 2 is 2.15 bits per heavy atom. The molecule has 0 radical (unpaired) electrons. The number of halogens is 2. The third-order valence-corrected chi connectivity index (χ3v) is 2.53. The van der Waals surface area contributed by atoms with E-state index in [1.807, 2.05) is 12.1 Å². The van der Waals surface area contributed by atoms with E-state index in [0.717, 1.165) is 9.99 Å². The first-order chi connectivity index (χ1) is 6.18. The second-order valence-corrected chi connectivity index (χ2v) is 3.94. The van der Waals surface area contributed by atoms with Crippen LogP contribution in [0.2, 0.25) is 5.02 Å². The maximum Gasteiger partial charge on any atom is 0.145 e. The van der Waals surface area contributed by atoms with Crippen molar-refractivity contribution < 1.29 is 5.11 Å². The van der Waals surface area contributed by atoms with Gasteiger partial charge in [0, 0.05) is 16.1 Å². The predicted molar refractivity (Wildman–Crippen MR) is 56.1 cm³/mol. The van der Waals surface area contributed by atoms with Crippen molar-refractivity contribution in [2.45, 2.75) is 0 Å². The van der Waals surface area contributed by atoms with E-state index in [4.69, 9.17) is 11.6 Å². The Labute approximate surface area is 88.3 Å². The minimum atomic E-state index is 0.0768. The lowest BCUT2D eigenvalue weighted by atomic mass is 10.2. The van der Waals surface area contributed by atoms with E-state index < -0.39 is 0 Å². The number of aromatic hydroxyl groups is 1. The van der Waals surface area contributed by atoms with Crippen LogP contribution in [0.3, 0.4) is 0 Å². The van der Waals surface area contributed by atoms with E-state index in [1.54, 1.807) is 6.07 Å². The highest BCUT2D eigenvalue weighted by atomic mass is 79.9. The SMILES string of the molecule is Oc1c(Cl)cnc2ccc(Br)cc12. The maximum atomic E-state index is 9.59. The molecule has 0 bridgehead atoms. The number of hydrogen-bond acceptors (Lipinski definition) is 2. The molecule has 1 N–H and O–H groups in total. The third kappa shape index (κ3) is 1.49. The summed E-state index contributed by atoms with van der Waals surface area (Å²) in [5, 5.41) is 10.5. The van der Waals surface area contributed by atoms with Crippen LogP contribution in [0.1, 0.15) is 0 Å². The molecule has 1 aromatic carbocycles. The number of nitrogens with zero attached hydrogens (tertiary/aromatic N) is 1. The molecule has 66 valence electrons. The van der Waals surface area contributed by atoms with Gasteiger partial charge in [-0.3, -0.25) is 4.98 Å². The first-order valence-electron chi connectivity index (χ1n) is 3.61. The Morgan fingerprint density at radius 3 is 2.92 bits per heavy atom. The first-order valence-corrected chi connectivity index (χ1v) is 4.78. The molecule has 0 spiro atoms. The number of aromatic nitrogens is 1. The Hall–Kier alpha value is -0.800. The molecule has 0 saturated heterocycles. The van der Waals surface area contributed by atoms with Crippen molar-refractivity contribution in [3.63, 3.8) is 0 Å². The van der Waals surface area contributed by atoms with Crippen molar-refractivity contribution in [1.29, 1.82) is 0 Å². The molecule has 2 rings (SSSR count). The van der Waals surface area contributed by atoms with E-state index in [1.165, 1.54) is 6.20 Å². The Kier molecular flexibility index (Phi) is 2.14. The average Bonchev–Trinajstić information content (AvgIpc) is 2.12. The van der Waals surface area contributed by atoms with Crippen molar-refractivity contribution in [1.82, 2.24) is 4.98 Å². The van der Waals surface area contributed by atoms with Crippen LogP contribution in [0.5, 0.6) is 5.75 Å². The van der Waals surface area contributed by atoms with Crippen LogP contribution in [0.25, 0.3) is 10.9 Å². The number of hydrogen-bond donors (Lipinski definition) is 1. The summed E-state index contributed by atoms with van der Waals surface area (Å²) in [5.41, 5.74) is 0.727. The summed E-state index contributed by atoms with van der Waals surface area (Å²) in [6.07, 6.45) is 1.44. The standard InChI is InChI=1S/C9H5BrClNO/c10-5-1-2-8-6(3-5)9(13)7(11)4-12-8/h1-4H,(H,12,13). The van der Waals surface area contributed by atoms with Crippen LogP contribution >= 0.6 is 27.5 Å². The highest BCUT2D eigenvalue weighted by Gasteiger charge is 2.05. The number of fused-ring (bicyclic) bond motifs is 1. The van der Waals surface area contributed by atoms with Gasteiger partial charge >= 0.3 is 0 Å². The van der Waals surface area contributed by atoms with Gasteiger partial charge in [-0.05, 0) is 18.2 Å². The van der Waals surface area contributed by atoms with Gasteiger partial charge in [-0.1, -0.05) is 27.5 Å². The summed E-state index contributed by atoms with van der Waals surface area (Å²) < 4.78 is 0.888. The summed E-state index contributed by atoms with van der Waals surface area (Å²) >= 11 is 9.02. The van der Waals surface area contributed by atoms with Crippen LogP contribution in [-0.2, 0) is 0 Å². The molecule has 0 aliphatic heterocycles. The fraction of sp³-hybridized carbons (Fsp3) is 0. The minimum absolute atomic E-state index is 0.0768. The molecule has 0 atom stereocenters. The predicted octanol–water partition coefficient (Wildman–Crippen LogP) is 3.36. The average molecular weight is 259 g/mol. The summed E-state index contributed by atoms with van der Waals surface area (Å²) in [5.74, 6) is 0.0768. The lowest BCUT2D eigenvalue weighted by Gasteiger charge is -2.01. The van der Waals surface area contributed by atoms with Crippen LogP contribution in [0.4, 0.5) is 0 Å². The Bertz CT molecular complexity index is 467. The molecule has 13 heavy (non-hydrogen) atoms. The number of pyridine rings is 1. The van der Waals surface area contributed by atoms with Gasteiger partial charge in [0.2, 0.25) is 0 Å². The van der Waals surface area contributed by atoms with Gasteiger partial charge in [0.1, 0.15) is 10.8 Å². The van der Waals surface area contributed by atoms with Gasteiger partial charge in [-0.25, -0.2) is 0 Å². The van der Waals surface area contributed by atoms with Crippen molar-refractivity contribution in [2.75, 3.05) is 0 Å². The van der Waals surface area contributed by atoms with Crippen LogP contribution in [0.15, 0.2) is 28.9 Å². The first kappa shape index (κ1) is 8.78. The molecule has 1 heterocycles. The molecule has 0 saturated carbocycles. The summed E-state index contributed by atoms with van der Waals surface area (Å²) in [4.78, 5) is 4.07.